The lowest BCUT2D eigenvalue weighted by Gasteiger charge is -1.96. The molecule has 0 fully saturated rings. The normalized spacial score (nSPS) is 10.2. The molecule has 0 radical (unpaired) electrons. The Hall–Kier alpha value is -0.450. The number of alkyl halides is 1. The smallest absolute Gasteiger partial charge is 0.161 e. The van der Waals surface area contributed by atoms with Crippen molar-refractivity contribution < 1.29 is 0 Å². The van der Waals surface area contributed by atoms with Crippen LogP contribution in [0.1, 0.15) is 19.2 Å². The molecular weight excluding hydrogens is 196 g/mol. The summed E-state index contributed by atoms with van der Waals surface area (Å²) in [7, 11) is 0. The maximum Gasteiger partial charge on any atom is 0.161 e. The van der Waals surface area contributed by atoms with Gasteiger partial charge in [0.2, 0.25) is 0 Å². The predicted octanol–water partition coefficient (Wildman–Crippen LogP) is 0.978. The number of nitrogens with zero attached hydrogens (tertiary/aromatic N) is 4. The number of aromatic nitrogens is 4. The third-order valence-corrected chi connectivity index (χ3v) is 1.66. The number of hydrogen-bond acceptors (Lipinski definition) is 3. The van der Waals surface area contributed by atoms with Crippen molar-refractivity contribution in [3.63, 3.8) is 0 Å². The van der Waals surface area contributed by atoms with Crippen LogP contribution in [0.25, 0.3) is 0 Å². The number of rotatable bonds is 3. The summed E-state index contributed by atoms with van der Waals surface area (Å²) < 4.78 is 1.80. The molecule has 0 spiro atoms. The van der Waals surface area contributed by atoms with Gasteiger partial charge in [-0.05, 0) is 16.8 Å². The van der Waals surface area contributed by atoms with Crippen molar-refractivity contribution >= 4 is 15.9 Å². The second-order valence-electron chi connectivity index (χ2n) is 1.95. The summed E-state index contributed by atoms with van der Waals surface area (Å²) in [4.78, 5) is 0. The number of tetrazole rings is 1. The fourth-order valence-electron chi connectivity index (χ4n) is 0.704. The van der Waals surface area contributed by atoms with E-state index in [1.807, 2.05) is 0 Å². The van der Waals surface area contributed by atoms with Gasteiger partial charge in [0.15, 0.2) is 5.82 Å². The molecule has 0 saturated heterocycles. The molecule has 0 unspecified atom stereocenters. The van der Waals surface area contributed by atoms with E-state index in [0.29, 0.717) is 0 Å². The van der Waals surface area contributed by atoms with Crippen LogP contribution in [0.2, 0.25) is 0 Å². The minimum absolute atomic E-state index is 0.722. The molecule has 1 heterocycles. The highest BCUT2D eigenvalue weighted by atomic mass is 79.9. The Kier molecular flexibility index (Phi) is 2.80. The van der Waals surface area contributed by atoms with Crippen LogP contribution in [0.5, 0.6) is 0 Å². The van der Waals surface area contributed by atoms with Gasteiger partial charge in [0, 0.05) is 6.54 Å². The zero-order chi connectivity index (χ0) is 7.40. The summed E-state index contributed by atoms with van der Waals surface area (Å²) in [6.45, 7) is 2.99. The van der Waals surface area contributed by atoms with Crippen molar-refractivity contribution in [2.75, 3.05) is 0 Å². The molecule has 1 rings (SSSR count). The molecule has 0 aliphatic heterocycles. The van der Waals surface area contributed by atoms with Crippen molar-refractivity contribution in [1.29, 1.82) is 0 Å². The van der Waals surface area contributed by atoms with Crippen LogP contribution >= 0.6 is 15.9 Å². The van der Waals surface area contributed by atoms with Gasteiger partial charge in [-0.25, -0.2) is 4.68 Å². The summed E-state index contributed by atoms with van der Waals surface area (Å²) in [5.74, 6) is 0.891. The van der Waals surface area contributed by atoms with Crippen LogP contribution < -0.4 is 0 Å². The van der Waals surface area contributed by atoms with Crippen molar-refractivity contribution in [3.8, 4) is 0 Å². The van der Waals surface area contributed by atoms with Crippen LogP contribution in [0.15, 0.2) is 0 Å². The first-order valence-electron chi connectivity index (χ1n) is 3.19. The van der Waals surface area contributed by atoms with Crippen LogP contribution in [0.4, 0.5) is 0 Å². The second kappa shape index (κ2) is 3.65. The maximum absolute atomic E-state index is 3.81. The van der Waals surface area contributed by atoms with E-state index in [9.17, 15) is 0 Å². The van der Waals surface area contributed by atoms with E-state index >= 15 is 0 Å². The van der Waals surface area contributed by atoms with Gasteiger partial charge in [0.05, 0.1) is 5.33 Å². The molecule has 5 heteroatoms. The molecule has 0 saturated carbocycles. The number of aryl methyl sites for hydroxylation is 1. The molecule has 0 aliphatic carbocycles. The van der Waals surface area contributed by atoms with Gasteiger partial charge in [-0.1, -0.05) is 22.9 Å². The van der Waals surface area contributed by atoms with Gasteiger partial charge in [0.1, 0.15) is 0 Å². The Morgan fingerprint density at radius 3 is 3.00 bits per heavy atom. The number of halogens is 1. The fourth-order valence-corrected chi connectivity index (χ4v) is 1.11. The third-order valence-electron chi connectivity index (χ3n) is 1.16. The Balaban J connectivity index is 2.70. The minimum Gasteiger partial charge on any atom is -0.229 e. The molecule has 56 valence electrons. The quantitative estimate of drug-likeness (QED) is 0.690. The molecule has 0 bridgehead atoms. The number of hydrogen-bond donors (Lipinski definition) is 0. The summed E-state index contributed by atoms with van der Waals surface area (Å²) in [6.07, 6.45) is 1.06. The van der Waals surface area contributed by atoms with Crippen LogP contribution in [-0.4, -0.2) is 20.2 Å². The standard InChI is InChI=1S/C5H9BrN4/c1-2-3-10-5(4-6)7-8-9-10/h2-4H2,1H3. The summed E-state index contributed by atoms with van der Waals surface area (Å²) >= 11 is 3.29. The van der Waals surface area contributed by atoms with Crippen LogP contribution in [0, 0.1) is 0 Å². The Morgan fingerprint density at radius 2 is 2.40 bits per heavy atom. The topological polar surface area (TPSA) is 43.6 Å². The van der Waals surface area contributed by atoms with Crippen LogP contribution in [-0.2, 0) is 11.9 Å². The fraction of sp³-hybridized carbons (Fsp3) is 0.800. The largest absolute Gasteiger partial charge is 0.229 e. The highest BCUT2D eigenvalue weighted by Gasteiger charge is 2.00. The third kappa shape index (κ3) is 1.53. The van der Waals surface area contributed by atoms with Crippen molar-refractivity contribution in [1.82, 2.24) is 20.2 Å². The van der Waals surface area contributed by atoms with E-state index in [0.717, 1.165) is 24.1 Å². The second-order valence-corrected chi connectivity index (χ2v) is 2.51. The van der Waals surface area contributed by atoms with E-state index in [-0.39, 0.29) is 0 Å². The highest BCUT2D eigenvalue weighted by molar-refractivity contribution is 9.08. The van der Waals surface area contributed by atoms with Crippen molar-refractivity contribution in [2.24, 2.45) is 0 Å². The van der Waals surface area contributed by atoms with Gasteiger partial charge in [-0.2, -0.15) is 0 Å². The molecule has 0 N–H and O–H groups in total. The minimum atomic E-state index is 0.722. The van der Waals surface area contributed by atoms with Crippen molar-refractivity contribution in [3.05, 3.63) is 5.82 Å². The first kappa shape index (κ1) is 7.65. The molecule has 0 atom stereocenters. The lowest BCUT2D eigenvalue weighted by Crippen LogP contribution is -2.03. The van der Waals surface area contributed by atoms with Gasteiger partial charge < -0.3 is 0 Å². The van der Waals surface area contributed by atoms with Gasteiger partial charge >= 0.3 is 0 Å². The summed E-state index contributed by atoms with van der Waals surface area (Å²) in [5, 5.41) is 11.9. The molecule has 1 aromatic heterocycles. The molecule has 4 nitrogen and oxygen atoms in total. The average Bonchev–Trinajstić information content (AvgIpc) is 2.36. The van der Waals surface area contributed by atoms with Gasteiger partial charge in [-0.15, -0.1) is 5.10 Å². The molecule has 10 heavy (non-hydrogen) atoms. The van der Waals surface area contributed by atoms with Gasteiger partial charge in [-0.3, -0.25) is 0 Å². The first-order valence-corrected chi connectivity index (χ1v) is 4.31. The summed E-state index contributed by atoms with van der Waals surface area (Å²) in [6, 6.07) is 0. The monoisotopic (exact) mass is 204 g/mol. The average molecular weight is 205 g/mol. The van der Waals surface area contributed by atoms with E-state index in [2.05, 4.69) is 38.4 Å². The molecule has 1 aromatic rings. The zero-order valence-electron chi connectivity index (χ0n) is 5.79. The Morgan fingerprint density at radius 1 is 1.60 bits per heavy atom. The molecule has 0 aromatic carbocycles. The SMILES string of the molecule is CCCn1nnnc1CBr. The molecule has 0 aliphatic rings. The van der Waals surface area contributed by atoms with E-state index in [1.54, 1.807) is 4.68 Å². The van der Waals surface area contributed by atoms with E-state index < -0.39 is 0 Å². The molecular formula is C5H9BrN4. The van der Waals surface area contributed by atoms with E-state index in [1.165, 1.54) is 0 Å². The Labute approximate surface area is 67.7 Å². The Bertz CT molecular complexity index is 197. The van der Waals surface area contributed by atoms with Crippen LogP contribution in [0.3, 0.4) is 0 Å². The highest BCUT2D eigenvalue weighted by Crippen LogP contribution is 1.99. The van der Waals surface area contributed by atoms with E-state index in [4.69, 9.17) is 0 Å². The molecule has 0 amide bonds. The summed E-state index contributed by atoms with van der Waals surface area (Å²) in [5.41, 5.74) is 0. The maximum atomic E-state index is 3.81. The first-order chi connectivity index (χ1) is 4.88. The zero-order valence-corrected chi connectivity index (χ0v) is 7.37. The lowest BCUT2D eigenvalue weighted by atomic mass is 10.5. The predicted molar refractivity (Wildman–Crippen MR) is 40.7 cm³/mol. The van der Waals surface area contributed by atoms with Gasteiger partial charge in [0.25, 0.3) is 0 Å². The van der Waals surface area contributed by atoms with Crippen molar-refractivity contribution in [2.45, 2.75) is 25.2 Å². The lowest BCUT2D eigenvalue weighted by molar-refractivity contribution is 0.565.